The highest BCUT2D eigenvalue weighted by Gasteiger charge is 2.15. The molecule has 5 heteroatoms. The molecule has 3 nitrogen and oxygen atoms in total. The molecule has 0 heterocycles. The predicted octanol–water partition coefficient (Wildman–Crippen LogP) is 2.60. The van der Waals surface area contributed by atoms with Crippen LogP contribution in [0.15, 0.2) is 24.3 Å². The molecule has 0 saturated heterocycles. The Kier molecular flexibility index (Phi) is 6.54. The second kappa shape index (κ2) is 7.67. The molecular weight excluding hydrogens is 268 g/mol. The number of hydrogen-bond acceptors (Lipinski definition) is 3. The van der Waals surface area contributed by atoms with Crippen LogP contribution in [0.3, 0.4) is 0 Å². The van der Waals surface area contributed by atoms with Crippen LogP contribution >= 0.6 is 23.4 Å². The lowest BCUT2D eigenvalue weighted by Gasteiger charge is -2.17. The summed E-state index contributed by atoms with van der Waals surface area (Å²) >= 11 is 7.51. The zero-order valence-corrected chi connectivity index (χ0v) is 12.2. The summed E-state index contributed by atoms with van der Waals surface area (Å²) in [5, 5.41) is 3.60. The quantitative estimate of drug-likeness (QED) is 0.845. The van der Waals surface area contributed by atoms with E-state index in [2.05, 4.69) is 5.32 Å². The number of nitrogens with one attached hydrogen (secondary N) is 1. The summed E-state index contributed by atoms with van der Waals surface area (Å²) in [4.78, 5) is 11.8. The van der Waals surface area contributed by atoms with E-state index in [0.717, 1.165) is 11.3 Å². The fourth-order valence-electron chi connectivity index (χ4n) is 1.53. The van der Waals surface area contributed by atoms with Crippen molar-refractivity contribution in [2.75, 3.05) is 12.0 Å². The topological polar surface area (TPSA) is 55.1 Å². The zero-order valence-electron chi connectivity index (χ0n) is 10.7. The molecule has 0 radical (unpaired) electrons. The van der Waals surface area contributed by atoms with Crippen LogP contribution in [-0.2, 0) is 4.79 Å². The molecule has 0 aliphatic carbocycles. The number of carbonyl (C=O) groups excluding carboxylic acids is 1. The van der Waals surface area contributed by atoms with E-state index >= 15 is 0 Å². The lowest BCUT2D eigenvalue weighted by molar-refractivity contribution is -0.123. The van der Waals surface area contributed by atoms with Gasteiger partial charge in [-0.2, -0.15) is 11.8 Å². The van der Waals surface area contributed by atoms with Gasteiger partial charge in [0.2, 0.25) is 5.91 Å². The van der Waals surface area contributed by atoms with Crippen molar-refractivity contribution in [2.45, 2.75) is 25.4 Å². The van der Waals surface area contributed by atoms with Crippen molar-refractivity contribution >= 4 is 29.3 Å². The Labute approximate surface area is 117 Å². The first-order chi connectivity index (χ1) is 8.54. The van der Waals surface area contributed by atoms with Gasteiger partial charge >= 0.3 is 0 Å². The minimum Gasteiger partial charge on any atom is -0.348 e. The van der Waals surface area contributed by atoms with Crippen LogP contribution in [0.4, 0.5) is 0 Å². The second-order valence-electron chi connectivity index (χ2n) is 4.17. The third-order valence-corrected chi connectivity index (χ3v) is 3.59. The number of rotatable bonds is 6. The van der Waals surface area contributed by atoms with Gasteiger partial charge in [-0.25, -0.2) is 0 Å². The molecule has 18 heavy (non-hydrogen) atoms. The van der Waals surface area contributed by atoms with Crippen LogP contribution in [0, 0.1) is 0 Å². The summed E-state index contributed by atoms with van der Waals surface area (Å²) in [7, 11) is 0. The first-order valence-electron chi connectivity index (χ1n) is 5.85. The second-order valence-corrected chi connectivity index (χ2v) is 5.59. The van der Waals surface area contributed by atoms with Gasteiger partial charge in [-0.3, -0.25) is 4.79 Å². The number of carbonyl (C=O) groups is 1. The number of hydrogen-bond donors (Lipinski definition) is 2. The molecule has 0 bridgehead atoms. The Hall–Kier alpha value is -0.710. The highest BCUT2D eigenvalue weighted by molar-refractivity contribution is 7.98. The van der Waals surface area contributed by atoms with Crippen LogP contribution in [0.2, 0.25) is 5.02 Å². The predicted molar refractivity (Wildman–Crippen MR) is 79.0 cm³/mol. The van der Waals surface area contributed by atoms with Crippen molar-refractivity contribution in [3.63, 3.8) is 0 Å². The molecule has 0 aromatic heterocycles. The molecule has 0 unspecified atom stereocenters. The monoisotopic (exact) mass is 286 g/mol. The summed E-state index contributed by atoms with van der Waals surface area (Å²) in [6.07, 6.45) is 2.70. The van der Waals surface area contributed by atoms with Crippen molar-refractivity contribution in [1.82, 2.24) is 5.32 Å². The van der Waals surface area contributed by atoms with Crippen LogP contribution in [0.5, 0.6) is 0 Å². The van der Waals surface area contributed by atoms with Gasteiger partial charge in [0.25, 0.3) is 0 Å². The Morgan fingerprint density at radius 3 is 2.61 bits per heavy atom. The highest BCUT2D eigenvalue weighted by atomic mass is 35.5. The van der Waals surface area contributed by atoms with Gasteiger partial charge in [0, 0.05) is 5.02 Å². The van der Waals surface area contributed by atoms with E-state index in [4.69, 9.17) is 17.3 Å². The van der Waals surface area contributed by atoms with Gasteiger partial charge in [0.05, 0.1) is 12.1 Å². The van der Waals surface area contributed by atoms with Crippen molar-refractivity contribution in [3.05, 3.63) is 34.9 Å². The van der Waals surface area contributed by atoms with Gasteiger partial charge < -0.3 is 11.1 Å². The van der Waals surface area contributed by atoms with E-state index < -0.39 is 6.04 Å². The largest absolute Gasteiger partial charge is 0.348 e. The first-order valence-corrected chi connectivity index (χ1v) is 7.62. The fourth-order valence-corrected chi connectivity index (χ4v) is 2.15. The molecule has 1 amide bonds. The molecule has 2 atom stereocenters. The van der Waals surface area contributed by atoms with Gasteiger partial charge in [-0.1, -0.05) is 23.7 Å². The molecule has 1 aromatic carbocycles. The molecule has 3 N–H and O–H groups in total. The van der Waals surface area contributed by atoms with Gasteiger partial charge in [-0.05, 0) is 43.0 Å². The summed E-state index contributed by atoms with van der Waals surface area (Å²) < 4.78 is 0. The smallest absolute Gasteiger partial charge is 0.237 e. The molecule has 1 aromatic rings. The average Bonchev–Trinajstić information content (AvgIpc) is 2.36. The van der Waals surface area contributed by atoms with E-state index in [-0.39, 0.29) is 11.9 Å². The lowest BCUT2D eigenvalue weighted by Crippen LogP contribution is -2.41. The van der Waals surface area contributed by atoms with Gasteiger partial charge in [-0.15, -0.1) is 0 Å². The van der Waals surface area contributed by atoms with Crippen molar-refractivity contribution in [1.29, 1.82) is 0 Å². The van der Waals surface area contributed by atoms with E-state index in [1.807, 2.05) is 37.4 Å². The van der Waals surface area contributed by atoms with Crippen LogP contribution in [0.25, 0.3) is 0 Å². The zero-order chi connectivity index (χ0) is 13.5. The van der Waals surface area contributed by atoms with Crippen LogP contribution in [-0.4, -0.2) is 24.0 Å². The van der Waals surface area contributed by atoms with Crippen molar-refractivity contribution < 1.29 is 4.79 Å². The maximum absolute atomic E-state index is 11.8. The molecule has 0 saturated carbocycles. The molecule has 0 aliphatic heterocycles. The summed E-state index contributed by atoms with van der Waals surface area (Å²) in [5.41, 5.74) is 6.83. The SMILES string of the molecule is CSCC[C@H](N)C(=O)N[C@@H](C)c1ccc(Cl)cc1. The molecule has 1 rings (SSSR count). The lowest BCUT2D eigenvalue weighted by atomic mass is 10.1. The Bertz CT molecular complexity index is 383. The molecule has 0 fully saturated rings. The van der Waals surface area contributed by atoms with E-state index in [9.17, 15) is 4.79 Å². The van der Waals surface area contributed by atoms with Gasteiger partial charge in [0.1, 0.15) is 0 Å². The third kappa shape index (κ3) is 4.88. The average molecular weight is 287 g/mol. The third-order valence-electron chi connectivity index (χ3n) is 2.70. The standard InChI is InChI=1S/C13H19ClN2OS/c1-9(10-3-5-11(14)6-4-10)16-13(17)12(15)7-8-18-2/h3-6,9,12H,7-8,15H2,1-2H3,(H,16,17)/t9-,12-/m0/s1. The fraction of sp³-hybridized carbons (Fsp3) is 0.462. The summed E-state index contributed by atoms with van der Waals surface area (Å²) in [6, 6.07) is 6.93. The molecular formula is C13H19ClN2OS. The highest BCUT2D eigenvalue weighted by Crippen LogP contribution is 2.16. The van der Waals surface area contributed by atoms with Crippen molar-refractivity contribution in [3.8, 4) is 0 Å². The molecule has 0 spiro atoms. The van der Waals surface area contributed by atoms with Crippen LogP contribution in [0.1, 0.15) is 24.9 Å². The van der Waals surface area contributed by atoms with Crippen LogP contribution < -0.4 is 11.1 Å². The Balaban J connectivity index is 2.51. The maximum atomic E-state index is 11.8. The normalized spacial score (nSPS) is 14.0. The minimum atomic E-state index is -0.438. The number of halogens is 1. The number of amides is 1. The Morgan fingerprint density at radius 2 is 2.06 bits per heavy atom. The van der Waals surface area contributed by atoms with Gasteiger partial charge in [0.15, 0.2) is 0 Å². The van der Waals surface area contributed by atoms with E-state index in [1.54, 1.807) is 11.8 Å². The maximum Gasteiger partial charge on any atom is 0.237 e. The number of benzene rings is 1. The molecule has 0 aliphatic rings. The summed E-state index contributed by atoms with van der Waals surface area (Å²) in [5.74, 6) is 0.788. The minimum absolute atomic E-state index is 0.0601. The molecule has 100 valence electrons. The van der Waals surface area contributed by atoms with Crippen molar-refractivity contribution in [2.24, 2.45) is 5.73 Å². The van der Waals surface area contributed by atoms with E-state index in [0.29, 0.717) is 11.4 Å². The first kappa shape index (κ1) is 15.3. The summed E-state index contributed by atoms with van der Waals surface area (Å²) in [6.45, 7) is 1.93. The number of nitrogens with two attached hydrogens (primary N) is 1. The Morgan fingerprint density at radius 1 is 1.44 bits per heavy atom. The van der Waals surface area contributed by atoms with E-state index in [1.165, 1.54) is 0 Å². The number of thioether (sulfide) groups is 1.